The summed E-state index contributed by atoms with van der Waals surface area (Å²) in [5.41, 5.74) is 11.6. The van der Waals surface area contributed by atoms with Gasteiger partial charge in [0, 0.05) is 40.8 Å². The van der Waals surface area contributed by atoms with Crippen LogP contribution in [-0.2, 0) is 6.54 Å². The van der Waals surface area contributed by atoms with Gasteiger partial charge in [0.2, 0.25) is 0 Å². The quantitative estimate of drug-likeness (QED) is 0.165. The summed E-state index contributed by atoms with van der Waals surface area (Å²) in [5.74, 6) is 1.75. The summed E-state index contributed by atoms with van der Waals surface area (Å²) < 4.78 is 18.6. The van der Waals surface area contributed by atoms with Gasteiger partial charge in [-0.3, -0.25) is 0 Å². The highest BCUT2D eigenvalue weighted by atomic mass is 16.8. The van der Waals surface area contributed by atoms with Crippen LogP contribution in [0.2, 0.25) is 0 Å². The van der Waals surface area contributed by atoms with Gasteiger partial charge in [0.05, 0.1) is 11.6 Å². The summed E-state index contributed by atoms with van der Waals surface area (Å²) in [7, 11) is 0. The van der Waals surface area contributed by atoms with E-state index in [9.17, 15) is 0 Å². The van der Waals surface area contributed by atoms with E-state index in [1.807, 2.05) is 0 Å². The first-order valence-corrected chi connectivity index (χ1v) is 23.3. The van der Waals surface area contributed by atoms with Gasteiger partial charge in [-0.1, -0.05) is 188 Å². The first-order chi connectivity index (χ1) is 32.2. The highest BCUT2D eigenvalue weighted by molar-refractivity contribution is 6.15. The lowest BCUT2D eigenvalue weighted by atomic mass is 9.85. The summed E-state index contributed by atoms with van der Waals surface area (Å²) in [5, 5.41) is 9.52. The highest BCUT2D eigenvalue weighted by Crippen LogP contribution is 2.56. The molecule has 4 heteroatoms. The molecule has 10 aromatic rings. The molecule has 0 amide bonds. The minimum Gasteiger partial charge on any atom is -0.384 e. The topological polar surface area (TPSA) is 24.7 Å². The van der Waals surface area contributed by atoms with Crippen molar-refractivity contribution in [1.82, 2.24) is 4.90 Å². The number of hydrogen-bond acceptors (Lipinski definition) is 3. The number of benzene rings is 10. The second kappa shape index (κ2) is 14.2. The highest BCUT2D eigenvalue weighted by Gasteiger charge is 2.71. The number of rotatable bonds is 4. The predicted molar refractivity (Wildman–Crippen MR) is 266 cm³/mol. The van der Waals surface area contributed by atoms with Gasteiger partial charge in [-0.2, -0.15) is 4.90 Å². The molecule has 0 aromatic heterocycles. The lowest BCUT2D eigenvalue weighted by Gasteiger charge is -2.41. The predicted octanol–water partition coefficient (Wildman–Crippen LogP) is 14.6. The van der Waals surface area contributed by atoms with Crippen molar-refractivity contribution in [2.24, 2.45) is 0 Å². The van der Waals surface area contributed by atoms with Crippen LogP contribution in [0.5, 0.6) is 11.5 Å². The van der Waals surface area contributed by atoms with Crippen molar-refractivity contribution < 1.29 is 14.0 Å². The molecule has 3 atom stereocenters. The van der Waals surface area contributed by atoms with Gasteiger partial charge in [-0.25, -0.2) is 0 Å². The molecular weight excluding hydrogens is 793 g/mol. The minimum atomic E-state index is -1.23. The number of ether oxygens (including phenoxy) is 2. The third-order valence-corrected chi connectivity index (χ3v) is 14.9. The summed E-state index contributed by atoms with van der Waals surface area (Å²) in [4.78, 5) is 2.58. The fourth-order valence-corrected chi connectivity index (χ4v) is 12.1. The summed E-state index contributed by atoms with van der Waals surface area (Å²) in [6, 6.07) is 70.1. The maximum atomic E-state index is 8.03. The maximum Gasteiger partial charge on any atom is 0.551 e. The molecule has 1 aliphatic carbocycles. The van der Waals surface area contributed by atoms with Crippen molar-refractivity contribution in [1.29, 1.82) is 0 Å². The van der Waals surface area contributed by atoms with Crippen LogP contribution in [0.3, 0.4) is 0 Å². The Bertz CT molecular complexity index is 3620. The number of nitrogens with zero attached hydrogens (tertiary/aromatic N) is 2. The average molecular weight is 838 g/mol. The lowest BCUT2D eigenvalue weighted by molar-refractivity contribution is -0.717. The molecule has 14 rings (SSSR count). The van der Waals surface area contributed by atoms with Crippen LogP contribution in [-0.4, -0.2) is 33.8 Å². The third-order valence-electron chi connectivity index (χ3n) is 14.9. The Hall–Kier alpha value is -7.53. The Morgan fingerprint density at radius 3 is 1.52 bits per heavy atom. The second-order valence-electron chi connectivity index (χ2n) is 18.3. The van der Waals surface area contributed by atoms with E-state index in [2.05, 4.69) is 210 Å². The normalized spacial score (nSPS) is 19.7. The third kappa shape index (κ3) is 5.44. The molecule has 1 saturated heterocycles. The van der Waals surface area contributed by atoms with Crippen molar-refractivity contribution in [2.75, 3.05) is 0 Å². The fourth-order valence-electron chi connectivity index (χ4n) is 12.1. The van der Waals surface area contributed by atoms with Gasteiger partial charge in [0.15, 0.2) is 18.0 Å². The monoisotopic (exact) mass is 837 g/mol. The molecule has 0 radical (unpaired) electrons. The molecule has 2 unspecified atom stereocenters. The molecule has 3 aliphatic heterocycles. The minimum absolute atomic E-state index is 0.230. The molecule has 0 bridgehead atoms. The van der Waals surface area contributed by atoms with Crippen LogP contribution in [0, 0.1) is 0 Å². The summed E-state index contributed by atoms with van der Waals surface area (Å²) >= 11 is 0. The van der Waals surface area contributed by atoms with Crippen LogP contribution in [0.1, 0.15) is 36.8 Å². The van der Waals surface area contributed by atoms with Gasteiger partial charge in [0.25, 0.3) is 0 Å². The molecule has 4 aliphatic rings. The van der Waals surface area contributed by atoms with Crippen LogP contribution in [0.4, 0.5) is 0 Å². The molecule has 1 saturated carbocycles. The molecule has 10 aromatic carbocycles. The van der Waals surface area contributed by atoms with E-state index in [-0.39, 0.29) is 12.1 Å². The molecule has 3 heterocycles. The van der Waals surface area contributed by atoms with Gasteiger partial charge in [-0.15, -0.1) is 4.58 Å². The number of fused-ring (bicyclic) bond motifs is 9. The first-order valence-electron chi connectivity index (χ1n) is 23.3. The van der Waals surface area contributed by atoms with Gasteiger partial charge >= 0.3 is 6.03 Å². The Morgan fingerprint density at radius 2 is 0.923 bits per heavy atom. The molecule has 0 N–H and O–H groups in total. The lowest BCUT2D eigenvalue weighted by Crippen LogP contribution is -2.63. The zero-order valence-electron chi connectivity index (χ0n) is 36.0. The smallest absolute Gasteiger partial charge is 0.384 e. The number of hydrogen-bond donors (Lipinski definition) is 0. The van der Waals surface area contributed by atoms with E-state index in [0.717, 1.165) is 46.4 Å². The van der Waals surface area contributed by atoms with Gasteiger partial charge in [0.1, 0.15) is 5.75 Å². The van der Waals surface area contributed by atoms with Crippen molar-refractivity contribution in [2.45, 2.75) is 50.3 Å². The molecule has 2 fully saturated rings. The van der Waals surface area contributed by atoms with E-state index >= 15 is 0 Å². The Kier molecular flexibility index (Phi) is 8.08. The van der Waals surface area contributed by atoms with E-state index < -0.39 is 6.03 Å². The maximum absolute atomic E-state index is 8.03. The molecular formula is C61H45N2O2+. The van der Waals surface area contributed by atoms with Gasteiger partial charge in [-0.05, 0) is 90.3 Å². The SMILES string of the molecule is C1=[N+]2[C@H]3CCCCC3N3Cc4cc5ccccc5c(-c5c(-c6ccccc6)ccc6ccccc56)c4OC32Oc2c1cc1ccccc1c2-c1c(-c2ccccc2)ccc2ccccc12. The van der Waals surface area contributed by atoms with Crippen molar-refractivity contribution in [3.63, 3.8) is 0 Å². The zero-order chi connectivity index (χ0) is 42.6. The standard InChI is InChI=1S/C61H45N2O2/c1-3-17-39(18-4-1)51-33-31-41-21-7-11-25-47(41)55(51)57-49-27-13-9-23-43(49)35-45-37-62-53-29-15-16-30-54(53)63-38-46-36-44-24-10-14-28-50(44)58(60(46)65-61(62,63)64-59(45)57)56-48-26-12-8-22-42(48)32-34-52(56)40-19-5-2-6-20-40/h1-14,17-28,31-37,53-54H,15-16,29-30,38H2/q+1/t53-,54?,61?/m0/s1. The summed E-state index contributed by atoms with van der Waals surface area (Å²) in [6.07, 6.45) is 6.94. The van der Waals surface area contributed by atoms with Crippen LogP contribution in [0.15, 0.2) is 194 Å². The van der Waals surface area contributed by atoms with E-state index in [4.69, 9.17) is 9.47 Å². The second-order valence-corrected chi connectivity index (χ2v) is 18.3. The van der Waals surface area contributed by atoms with Crippen LogP contribution in [0.25, 0.3) is 87.6 Å². The fraction of sp³-hybridized carbons (Fsp3) is 0.131. The van der Waals surface area contributed by atoms with E-state index in [1.165, 1.54) is 89.5 Å². The Labute approximate surface area is 378 Å². The van der Waals surface area contributed by atoms with Crippen molar-refractivity contribution >= 4 is 49.3 Å². The Balaban J connectivity index is 1.07. The zero-order valence-corrected chi connectivity index (χ0v) is 36.0. The van der Waals surface area contributed by atoms with Crippen molar-refractivity contribution in [3.8, 4) is 56.0 Å². The molecule has 65 heavy (non-hydrogen) atoms. The molecule has 1 spiro atoms. The molecule has 4 nitrogen and oxygen atoms in total. The van der Waals surface area contributed by atoms with Crippen LogP contribution >= 0.6 is 0 Å². The van der Waals surface area contributed by atoms with E-state index in [1.54, 1.807) is 0 Å². The van der Waals surface area contributed by atoms with E-state index in [0.29, 0.717) is 6.54 Å². The van der Waals surface area contributed by atoms with Gasteiger partial charge < -0.3 is 9.47 Å². The summed E-state index contributed by atoms with van der Waals surface area (Å²) in [6.45, 7) is 0.700. The van der Waals surface area contributed by atoms with Crippen molar-refractivity contribution in [3.05, 3.63) is 205 Å². The largest absolute Gasteiger partial charge is 0.551 e. The molecule has 310 valence electrons. The first kappa shape index (κ1) is 36.9. The van der Waals surface area contributed by atoms with Crippen LogP contribution < -0.4 is 9.47 Å². The average Bonchev–Trinajstić information content (AvgIpc) is 3.64. The Morgan fingerprint density at radius 1 is 0.446 bits per heavy atom.